The van der Waals surface area contributed by atoms with Crippen LogP contribution < -0.4 is 4.72 Å². The monoisotopic (exact) mass is 305 g/mol. The summed E-state index contributed by atoms with van der Waals surface area (Å²) >= 11 is 0. The largest absolute Gasteiger partial charge is 0.383 e. The first-order valence-corrected chi connectivity index (χ1v) is 8.20. The topological polar surface area (TPSA) is 55.4 Å². The van der Waals surface area contributed by atoms with E-state index in [0.717, 1.165) is 5.56 Å². The summed E-state index contributed by atoms with van der Waals surface area (Å²) in [6.45, 7) is 0.320. The van der Waals surface area contributed by atoms with E-state index in [9.17, 15) is 8.42 Å². The zero-order valence-electron chi connectivity index (χ0n) is 11.9. The van der Waals surface area contributed by atoms with Crippen molar-refractivity contribution < 1.29 is 13.2 Å². The van der Waals surface area contributed by atoms with Crippen LogP contribution in [0.25, 0.3) is 0 Å². The molecule has 4 nitrogen and oxygen atoms in total. The molecular formula is C16H19NO3S. The highest BCUT2D eigenvalue weighted by atomic mass is 32.2. The summed E-state index contributed by atoms with van der Waals surface area (Å²) in [5.74, 6) is 0. The Morgan fingerprint density at radius 3 is 2.14 bits per heavy atom. The number of methoxy groups -OCH3 is 1. The van der Waals surface area contributed by atoms with Crippen molar-refractivity contribution in [2.45, 2.75) is 17.4 Å². The highest BCUT2D eigenvalue weighted by molar-refractivity contribution is 7.89. The van der Waals surface area contributed by atoms with Crippen LogP contribution in [0.1, 0.15) is 5.56 Å². The second-order valence-corrected chi connectivity index (χ2v) is 6.49. The van der Waals surface area contributed by atoms with E-state index in [1.807, 2.05) is 30.3 Å². The molecule has 0 aromatic heterocycles. The molecule has 0 spiro atoms. The summed E-state index contributed by atoms with van der Waals surface area (Å²) in [4.78, 5) is 0.263. The van der Waals surface area contributed by atoms with Crippen molar-refractivity contribution in [3.8, 4) is 0 Å². The molecule has 2 aromatic carbocycles. The van der Waals surface area contributed by atoms with Crippen molar-refractivity contribution >= 4 is 10.0 Å². The molecule has 0 saturated heterocycles. The summed E-state index contributed by atoms with van der Waals surface area (Å²) < 4.78 is 32.5. The third kappa shape index (κ3) is 4.67. The summed E-state index contributed by atoms with van der Waals surface area (Å²) in [5, 5.41) is 0. The van der Waals surface area contributed by atoms with Crippen molar-refractivity contribution in [3.63, 3.8) is 0 Å². The molecule has 0 aliphatic heterocycles. The Labute approximate surface area is 125 Å². The van der Waals surface area contributed by atoms with Gasteiger partial charge in [-0.05, 0) is 24.1 Å². The number of benzene rings is 2. The predicted molar refractivity (Wildman–Crippen MR) is 82.6 cm³/mol. The molecule has 0 saturated carbocycles. The van der Waals surface area contributed by atoms with Gasteiger partial charge in [0.15, 0.2) is 0 Å². The Kier molecular flexibility index (Phi) is 5.50. The molecule has 2 aromatic rings. The maximum atomic E-state index is 12.3. The maximum Gasteiger partial charge on any atom is 0.240 e. The standard InChI is InChI=1S/C16H19NO3S/c1-20-13-15(12-14-8-4-2-5-9-14)17-21(18,19)16-10-6-3-7-11-16/h2-11,15,17H,12-13H2,1H3. The van der Waals surface area contributed by atoms with Crippen LogP contribution >= 0.6 is 0 Å². The van der Waals surface area contributed by atoms with Gasteiger partial charge in [0.1, 0.15) is 0 Å². The lowest BCUT2D eigenvalue weighted by atomic mass is 10.1. The Balaban J connectivity index is 2.12. The first-order chi connectivity index (χ1) is 10.1. The number of nitrogens with one attached hydrogen (secondary N) is 1. The van der Waals surface area contributed by atoms with Gasteiger partial charge in [0, 0.05) is 13.2 Å². The average Bonchev–Trinajstić information content (AvgIpc) is 2.49. The number of ether oxygens (including phenoxy) is 1. The highest BCUT2D eigenvalue weighted by Gasteiger charge is 2.20. The minimum absolute atomic E-state index is 0.263. The average molecular weight is 305 g/mol. The number of hydrogen-bond acceptors (Lipinski definition) is 3. The van der Waals surface area contributed by atoms with E-state index in [-0.39, 0.29) is 10.9 Å². The van der Waals surface area contributed by atoms with Crippen molar-refractivity contribution in [1.29, 1.82) is 0 Å². The van der Waals surface area contributed by atoms with E-state index < -0.39 is 10.0 Å². The quantitative estimate of drug-likeness (QED) is 0.853. The van der Waals surface area contributed by atoms with E-state index in [0.29, 0.717) is 13.0 Å². The fourth-order valence-corrected chi connectivity index (χ4v) is 3.36. The summed E-state index contributed by atoms with van der Waals surface area (Å²) in [6.07, 6.45) is 0.584. The van der Waals surface area contributed by atoms with Gasteiger partial charge in [0.25, 0.3) is 0 Å². The summed E-state index contributed by atoms with van der Waals surface area (Å²) in [5.41, 5.74) is 1.07. The first kappa shape index (κ1) is 15.7. The number of rotatable bonds is 7. The minimum atomic E-state index is -3.53. The molecule has 21 heavy (non-hydrogen) atoms. The van der Waals surface area contributed by atoms with Gasteiger partial charge in [-0.25, -0.2) is 13.1 Å². The van der Waals surface area contributed by atoms with Crippen LogP contribution in [-0.2, 0) is 21.2 Å². The zero-order valence-corrected chi connectivity index (χ0v) is 12.7. The molecule has 0 aliphatic rings. The van der Waals surface area contributed by atoms with E-state index in [2.05, 4.69) is 4.72 Å². The van der Waals surface area contributed by atoms with Crippen LogP contribution in [-0.4, -0.2) is 28.2 Å². The first-order valence-electron chi connectivity index (χ1n) is 6.72. The molecule has 0 radical (unpaired) electrons. The Bertz CT molecular complexity index is 642. The Morgan fingerprint density at radius 1 is 1.00 bits per heavy atom. The van der Waals surface area contributed by atoms with Gasteiger partial charge < -0.3 is 4.74 Å². The van der Waals surface area contributed by atoms with Gasteiger partial charge in [-0.1, -0.05) is 48.5 Å². The van der Waals surface area contributed by atoms with Gasteiger partial charge in [0.2, 0.25) is 10.0 Å². The fraction of sp³-hybridized carbons (Fsp3) is 0.250. The summed E-state index contributed by atoms with van der Waals surface area (Å²) in [7, 11) is -1.97. The third-order valence-electron chi connectivity index (χ3n) is 3.07. The van der Waals surface area contributed by atoms with E-state index >= 15 is 0 Å². The van der Waals surface area contributed by atoms with Crippen LogP contribution in [0.3, 0.4) is 0 Å². The summed E-state index contributed by atoms with van der Waals surface area (Å²) in [6, 6.07) is 17.8. The zero-order chi connectivity index (χ0) is 15.1. The number of hydrogen-bond donors (Lipinski definition) is 1. The SMILES string of the molecule is COCC(Cc1ccccc1)NS(=O)(=O)c1ccccc1. The van der Waals surface area contributed by atoms with E-state index in [1.165, 1.54) is 0 Å². The highest BCUT2D eigenvalue weighted by Crippen LogP contribution is 2.10. The van der Waals surface area contributed by atoms with Gasteiger partial charge in [-0.2, -0.15) is 0 Å². The molecule has 5 heteroatoms. The molecule has 0 amide bonds. The molecule has 0 bridgehead atoms. The molecule has 1 atom stereocenters. The second kappa shape index (κ2) is 7.36. The predicted octanol–water partition coefficient (Wildman–Crippen LogP) is 2.22. The Morgan fingerprint density at radius 2 is 1.57 bits per heavy atom. The lowest BCUT2D eigenvalue weighted by Crippen LogP contribution is -2.39. The van der Waals surface area contributed by atoms with Crippen LogP contribution in [0.5, 0.6) is 0 Å². The second-order valence-electron chi connectivity index (χ2n) is 4.78. The molecule has 0 heterocycles. The van der Waals surface area contributed by atoms with Crippen LogP contribution in [0.2, 0.25) is 0 Å². The molecule has 1 N–H and O–H groups in total. The number of sulfonamides is 1. The lowest BCUT2D eigenvalue weighted by Gasteiger charge is -2.18. The van der Waals surface area contributed by atoms with Gasteiger partial charge in [-0.15, -0.1) is 0 Å². The molecular weight excluding hydrogens is 286 g/mol. The van der Waals surface area contributed by atoms with Crippen molar-refractivity contribution in [1.82, 2.24) is 4.72 Å². The molecule has 0 fully saturated rings. The molecule has 1 unspecified atom stereocenters. The van der Waals surface area contributed by atoms with E-state index in [1.54, 1.807) is 37.4 Å². The van der Waals surface area contributed by atoms with Gasteiger partial charge >= 0.3 is 0 Å². The molecule has 0 aliphatic carbocycles. The van der Waals surface area contributed by atoms with Gasteiger partial charge in [-0.3, -0.25) is 0 Å². The third-order valence-corrected chi connectivity index (χ3v) is 4.60. The molecule has 2 rings (SSSR count). The van der Waals surface area contributed by atoms with E-state index in [4.69, 9.17) is 4.74 Å². The maximum absolute atomic E-state index is 12.3. The normalized spacial score (nSPS) is 13.0. The van der Waals surface area contributed by atoms with Crippen molar-refractivity contribution in [2.24, 2.45) is 0 Å². The Hall–Kier alpha value is -1.69. The van der Waals surface area contributed by atoms with Crippen LogP contribution in [0.4, 0.5) is 0 Å². The van der Waals surface area contributed by atoms with Crippen LogP contribution in [0, 0.1) is 0 Å². The fourth-order valence-electron chi connectivity index (χ4n) is 2.12. The van der Waals surface area contributed by atoms with Crippen LogP contribution in [0.15, 0.2) is 65.6 Å². The molecule has 112 valence electrons. The van der Waals surface area contributed by atoms with Crippen molar-refractivity contribution in [3.05, 3.63) is 66.2 Å². The minimum Gasteiger partial charge on any atom is -0.383 e. The smallest absolute Gasteiger partial charge is 0.240 e. The van der Waals surface area contributed by atoms with Crippen molar-refractivity contribution in [2.75, 3.05) is 13.7 Å². The lowest BCUT2D eigenvalue weighted by molar-refractivity contribution is 0.174. The van der Waals surface area contributed by atoms with Gasteiger partial charge in [0.05, 0.1) is 11.5 Å².